The molecule has 1 aliphatic rings. The second-order valence-corrected chi connectivity index (χ2v) is 3.94. The van der Waals surface area contributed by atoms with Crippen molar-refractivity contribution in [2.75, 3.05) is 0 Å². The van der Waals surface area contributed by atoms with Crippen LogP contribution in [0.15, 0.2) is 30.3 Å². The Balaban J connectivity index is 2.46. The van der Waals surface area contributed by atoms with Crippen LogP contribution in [0.1, 0.15) is 24.0 Å². The van der Waals surface area contributed by atoms with Crippen molar-refractivity contribution >= 4 is 12.0 Å². The number of nitrogens with zero attached hydrogens (tertiary/aromatic N) is 1. The molecule has 0 radical (unpaired) electrons. The molecule has 1 fully saturated rings. The number of hydrogen-bond donors (Lipinski definition) is 1. The predicted octanol–water partition coefficient (Wildman–Crippen LogP) is 2.34. The molecule has 0 spiro atoms. The topological polar surface area (TPSA) is 61.1 Å². The van der Waals surface area contributed by atoms with Gasteiger partial charge in [0.05, 0.1) is 11.5 Å². The third kappa shape index (κ3) is 1.59. The van der Waals surface area contributed by atoms with E-state index in [1.54, 1.807) is 6.08 Å². The number of aliphatic carboxylic acids is 1. The fraction of sp³-hybridized carbons (Fsp3) is 0.231. The summed E-state index contributed by atoms with van der Waals surface area (Å²) in [5, 5.41) is 17.7. The maximum absolute atomic E-state index is 11.2. The Morgan fingerprint density at radius 2 is 2.12 bits per heavy atom. The van der Waals surface area contributed by atoms with Crippen molar-refractivity contribution in [2.24, 2.45) is 0 Å². The lowest BCUT2D eigenvalue weighted by atomic mass is 9.91. The fourth-order valence-corrected chi connectivity index (χ4v) is 1.93. The van der Waals surface area contributed by atoms with Crippen LogP contribution in [0.3, 0.4) is 0 Å². The molecule has 1 aliphatic carbocycles. The smallest absolute Gasteiger partial charge is 0.314 e. The zero-order valence-electron chi connectivity index (χ0n) is 8.68. The van der Waals surface area contributed by atoms with Gasteiger partial charge in [0, 0.05) is 6.08 Å². The average molecular weight is 213 g/mol. The second kappa shape index (κ2) is 3.82. The Labute approximate surface area is 93.6 Å². The fourth-order valence-electron chi connectivity index (χ4n) is 1.93. The number of benzene rings is 1. The minimum atomic E-state index is -0.773. The highest BCUT2D eigenvalue weighted by molar-refractivity contribution is 5.86. The van der Waals surface area contributed by atoms with Crippen LogP contribution in [0.4, 0.5) is 0 Å². The Bertz CT molecular complexity index is 493. The van der Waals surface area contributed by atoms with Gasteiger partial charge in [-0.2, -0.15) is 5.26 Å². The summed E-state index contributed by atoms with van der Waals surface area (Å²) in [4.78, 5) is 11.2. The van der Waals surface area contributed by atoms with E-state index in [4.69, 9.17) is 5.26 Å². The monoisotopic (exact) mass is 213 g/mol. The maximum Gasteiger partial charge on any atom is 0.314 e. The highest BCUT2D eigenvalue weighted by atomic mass is 16.4. The molecule has 0 aromatic heterocycles. The molecule has 0 atom stereocenters. The number of rotatable bonds is 3. The van der Waals surface area contributed by atoms with Gasteiger partial charge >= 0.3 is 5.97 Å². The minimum Gasteiger partial charge on any atom is -0.481 e. The molecule has 80 valence electrons. The molecule has 1 aromatic carbocycles. The zero-order valence-corrected chi connectivity index (χ0v) is 8.68. The van der Waals surface area contributed by atoms with E-state index in [1.807, 2.05) is 30.3 Å². The predicted molar refractivity (Wildman–Crippen MR) is 59.6 cm³/mol. The van der Waals surface area contributed by atoms with Crippen molar-refractivity contribution in [2.45, 2.75) is 18.3 Å². The lowest BCUT2D eigenvalue weighted by Gasteiger charge is -2.12. The Morgan fingerprint density at radius 1 is 1.44 bits per heavy atom. The van der Waals surface area contributed by atoms with Crippen molar-refractivity contribution in [3.63, 3.8) is 0 Å². The molecular weight excluding hydrogens is 202 g/mol. The molecule has 0 saturated heterocycles. The molecule has 2 rings (SSSR count). The van der Waals surface area contributed by atoms with Crippen molar-refractivity contribution in [3.8, 4) is 6.07 Å². The number of carboxylic acids is 1. The van der Waals surface area contributed by atoms with E-state index in [0.717, 1.165) is 11.1 Å². The average Bonchev–Trinajstić information content (AvgIpc) is 3.08. The van der Waals surface area contributed by atoms with E-state index >= 15 is 0 Å². The molecule has 1 aromatic rings. The van der Waals surface area contributed by atoms with Crippen LogP contribution in [0, 0.1) is 11.3 Å². The molecule has 3 heteroatoms. The summed E-state index contributed by atoms with van der Waals surface area (Å²) >= 11 is 0. The molecule has 16 heavy (non-hydrogen) atoms. The molecule has 0 unspecified atom stereocenters. The van der Waals surface area contributed by atoms with Gasteiger partial charge in [-0.3, -0.25) is 4.79 Å². The molecule has 0 amide bonds. The first-order valence-corrected chi connectivity index (χ1v) is 5.10. The summed E-state index contributed by atoms with van der Waals surface area (Å²) in [6, 6.07) is 9.27. The molecule has 1 saturated carbocycles. The van der Waals surface area contributed by atoms with Gasteiger partial charge in [-0.25, -0.2) is 0 Å². The molecule has 0 heterocycles. The lowest BCUT2D eigenvalue weighted by Crippen LogP contribution is -2.20. The minimum absolute atomic E-state index is 0.680. The highest BCUT2D eigenvalue weighted by Crippen LogP contribution is 2.49. The number of carbonyl (C=O) groups is 1. The summed E-state index contributed by atoms with van der Waals surface area (Å²) in [5.74, 6) is -0.773. The van der Waals surface area contributed by atoms with Gasteiger partial charge in [-0.05, 0) is 30.0 Å². The first-order valence-electron chi connectivity index (χ1n) is 5.10. The van der Waals surface area contributed by atoms with E-state index in [2.05, 4.69) is 0 Å². The highest BCUT2D eigenvalue weighted by Gasteiger charge is 2.52. The summed E-state index contributed by atoms with van der Waals surface area (Å²) in [5.41, 5.74) is 0.925. The van der Waals surface area contributed by atoms with Gasteiger partial charge in [-0.15, -0.1) is 0 Å². The standard InChI is InChI=1S/C13H11NO2/c14-9-3-5-10-4-1-2-6-11(10)13(7-8-13)12(15)16/h1-6H,7-8H2,(H,15,16). The second-order valence-electron chi connectivity index (χ2n) is 3.94. The number of nitriles is 1. The van der Waals surface area contributed by atoms with Gasteiger partial charge in [0.2, 0.25) is 0 Å². The number of allylic oxidation sites excluding steroid dienone is 1. The van der Waals surface area contributed by atoms with Crippen LogP contribution in [-0.4, -0.2) is 11.1 Å². The molecule has 0 bridgehead atoms. The molecule has 0 aliphatic heterocycles. The van der Waals surface area contributed by atoms with Crippen molar-refractivity contribution in [3.05, 3.63) is 41.5 Å². The van der Waals surface area contributed by atoms with Crippen LogP contribution in [0.2, 0.25) is 0 Å². The van der Waals surface area contributed by atoms with Crippen LogP contribution < -0.4 is 0 Å². The molecule has 1 N–H and O–H groups in total. The number of hydrogen-bond acceptors (Lipinski definition) is 2. The van der Waals surface area contributed by atoms with Gasteiger partial charge in [0.1, 0.15) is 0 Å². The molecule has 3 nitrogen and oxygen atoms in total. The van der Waals surface area contributed by atoms with Gasteiger partial charge in [0.25, 0.3) is 0 Å². The third-order valence-electron chi connectivity index (χ3n) is 2.97. The van der Waals surface area contributed by atoms with Crippen LogP contribution in [-0.2, 0) is 10.2 Å². The normalized spacial score (nSPS) is 16.9. The first kappa shape index (κ1) is 10.4. The lowest BCUT2D eigenvalue weighted by molar-refractivity contribution is -0.140. The van der Waals surface area contributed by atoms with Gasteiger partial charge in [0.15, 0.2) is 0 Å². The van der Waals surface area contributed by atoms with Gasteiger partial charge < -0.3 is 5.11 Å². The number of carboxylic acid groups (broad SMARTS) is 1. The Morgan fingerprint density at radius 3 is 2.69 bits per heavy atom. The maximum atomic E-state index is 11.2. The third-order valence-corrected chi connectivity index (χ3v) is 2.97. The molecular formula is C13H11NO2. The first-order chi connectivity index (χ1) is 7.70. The Kier molecular flexibility index (Phi) is 2.49. The van der Waals surface area contributed by atoms with E-state index in [9.17, 15) is 9.90 Å². The van der Waals surface area contributed by atoms with Crippen molar-refractivity contribution < 1.29 is 9.90 Å². The van der Waals surface area contributed by atoms with Crippen LogP contribution in [0.5, 0.6) is 0 Å². The summed E-state index contributed by atoms with van der Waals surface area (Å²) < 4.78 is 0. The van der Waals surface area contributed by atoms with E-state index in [0.29, 0.717) is 12.8 Å². The summed E-state index contributed by atoms with van der Waals surface area (Å²) in [7, 11) is 0. The largest absolute Gasteiger partial charge is 0.481 e. The Hall–Kier alpha value is -2.08. The quantitative estimate of drug-likeness (QED) is 0.784. The van der Waals surface area contributed by atoms with Crippen molar-refractivity contribution in [1.29, 1.82) is 5.26 Å². The summed E-state index contributed by atoms with van der Waals surface area (Å²) in [6.07, 6.45) is 4.40. The van der Waals surface area contributed by atoms with Crippen LogP contribution in [0.25, 0.3) is 6.08 Å². The van der Waals surface area contributed by atoms with Gasteiger partial charge in [-0.1, -0.05) is 24.3 Å². The SMILES string of the molecule is N#CC=Cc1ccccc1C1(C(=O)O)CC1. The van der Waals surface area contributed by atoms with E-state index in [1.165, 1.54) is 6.08 Å². The summed E-state index contributed by atoms with van der Waals surface area (Å²) in [6.45, 7) is 0. The van der Waals surface area contributed by atoms with Crippen molar-refractivity contribution in [1.82, 2.24) is 0 Å². The van der Waals surface area contributed by atoms with Crippen LogP contribution >= 0.6 is 0 Å². The van der Waals surface area contributed by atoms with E-state index < -0.39 is 11.4 Å². The van der Waals surface area contributed by atoms with E-state index in [-0.39, 0.29) is 0 Å². The zero-order chi connectivity index (χ0) is 11.6.